The monoisotopic (exact) mass is 292 g/mol. The van der Waals surface area contributed by atoms with Crippen LogP contribution < -0.4 is 10.6 Å². The Morgan fingerprint density at radius 2 is 2.45 bits per heavy atom. The van der Waals surface area contributed by atoms with Crippen molar-refractivity contribution in [3.63, 3.8) is 0 Å². The zero-order valence-electron chi connectivity index (χ0n) is 11.2. The third-order valence-corrected chi connectivity index (χ3v) is 4.37. The first-order chi connectivity index (χ1) is 9.76. The second-order valence-electron chi connectivity index (χ2n) is 4.65. The van der Waals surface area contributed by atoms with Gasteiger partial charge in [0, 0.05) is 24.2 Å². The number of amides is 1. The molecule has 2 N–H and O–H groups in total. The van der Waals surface area contributed by atoms with Gasteiger partial charge in [-0.25, -0.2) is 9.67 Å². The average Bonchev–Trinajstić information content (AvgIpc) is 3.02. The molecule has 0 saturated carbocycles. The average molecular weight is 292 g/mol. The van der Waals surface area contributed by atoms with Crippen molar-refractivity contribution in [2.24, 2.45) is 0 Å². The number of rotatable bonds is 5. The summed E-state index contributed by atoms with van der Waals surface area (Å²) >= 11 is 1.62. The SMILES string of the molecule is CCc1cnc(CNC(=O)c2cn(C3CNC3)nn2)s1. The molecule has 0 spiro atoms. The first-order valence-corrected chi connectivity index (χ1v) is 7.42. The molecule has 1 aliphatic rings. The minimum Gasteiger partial charge on any atom is -0.344 e. The van der Waals surface area contributed by atoms with Crippen LogP contribution in [0.2, 0.25) is 0 Å². The zero-order chi connectivity index (χ0) is 13.9. The van der Waals surface area contributed by atoms with Crippen molar-refractivity contribution in [3.05, 3.63) is 28.0 Å². The molecule has 2 aromatic heterocycles. The van der Waals surface area contributed by atoms with E-state index < -0.39 is 0 Å². The largest absolute Gasteiger partial charge is 0.344 e. The van der Waals surface area contributed by atoms with E-state index in [-0.39, 0.29) is 5.91 Å². The quantitative estimate of drug-likeness (QED) is 0.832. The molecule has 0 bridgehead atoms. The van der Waals surface area contributed by atoms with Gasteiger partial charge in [0.1, 0.15) is 5.01 Å². The molecule has 2 aromatic rings. The maximum absolute atomic E-state index is 12.0. The second kappa shape index (κ2) is 5.68. The molecule has 0 radical (unpaired) electrons. The Morgan fingerprint density at radius 3 is 3.10 bits per heavy atom. The van der Waals surface area contributed by atoms with Crippen LogP contribution >= 0.6 is 11.3 Å². The maximum Gasteiger partial charge on any atom is 0.273 e. The molecule has 0 atom stereocenters. The van der Waals surface area contributed by atoms with Gasteiger partial charge < -0.3 is 10.6 Å². The predicted octanol–water partition coefficient (Wildman–Crippen LogP) is 0.371. The minimum atomic E-state index is -0.211. The van der Waals surface area contributed by atoms with Crippen molar-refractivity contribution in [1.82, 2.24) is 30.6 Å². The van der Waals surface area contributed by atoms with Crippen LogP contribution in [-0.2, 0) is 13.0 Å². The third-order valence-electron chi connectivity index (χ3n) is 3.23. The molecule has 8 heteroatoms. The summed E-state index contributed by atoms with van der Waals surface area (Å²) in [6.07, 6.45) is 4.52. The van der Waals surface area contributed by atoms with Crippen molar-refractivity contribution in [3.8, 4) is 0 Å². The van der Waals surface area contributed by atoms with Gasteiger partial charge in [0.05, 0.1) is 18.8 Å². The van der Waals surface area contributed by atoms with E-state index in [0.717, 1.165) is 24.5 Å². The zero-order valence-corrected chi connectivity index (χ0v) is 12.0. The molecule has 1 saturated heterocycles. The van der Waals surface area contributed by atoms with Crippen molar-refractivity contribution >= 4 is 17.2 Å². The molecule has 1 amide bonds. The summed E-state index contributed by atoms with van der Waals surface area (Å²) in [7, 11) is 0. The summed E-state index contributed by atoms with van der Waals surface area (Å²) in [4.78, 5) is 17.5. The minimum absolute atomic E-state index is 0.211. The summed E-state index contributed by atoms with van der Waals surface area (Å²) in [6.45, 7) is 4.28. The molecule has 1 aliphatic heterocycles. The molecule has 7 nitrogen and oxygen atoms in total. The van der Waals surface area contributed by atoms with Gasteiger partial charge in [0.15, 0.2) is 5.69 Å². The Labute approximate surface area is 120 Å². The van der Waals surface area contributed by atoms with Gasteiger partial charge in [-0.15, -0.1) is 16.4 Å². The van der Waals surface area contributed by atoms with E-state index in [1.807, 2.05) is 6.20 Å². The highest BCUT2D eigenvalue weighted by Gasteiger charge is 2.21. The molecule has 1 fully saturated rings. The normalized spacial score (nSPS) is 15.1. The first-order valence-electron chi connectivity index (χ1n) is 6.60. The van der Waals surface area contributed by atoms with Crippen LogP contribution in [0.15, 0.2) is 12.4 Å². The van der Waals surface area contributed by atoms with Crippen LogP contribution in [0.4, 0.5) is 0 Å². The van der Waals surface area contributed by atoms with Crippen LogP contribution in [-0.4, -0.2) is 39.0 Å². The molecule has 3 heterocycles. The fraction of sp³-hybridized carbons (Fsp3) is 0.500. The molecule has 0 unspecified atom stereocenters. The Kier molecular flexibility index (Phi) is 3.75. The van der Waals surface area contributed by atoms with E-state index in [4.69, 9.17) is 0 Å². The Balaban J connectivity index is 1.57. The lowest BCUT2D eigenvalue weighted by Gasteiger charge is -2.26. The third kappa shape index (κ3) is 2.70. The van der Waals surface area contributed by atoms with Crippen LogP contribution in [0.5, 0.6) is 0 Å². The van der Waals surface area contributed by atoms with Gasteiger partial charge in [0.25, 0.3) is 5.91 Å². The van der Waals surface area contributed by atoms with Crippen LogP contribution in [0, 0.1) is 0 Å². The summed E-state index contributed by atoms with van der Waals surface area (Å²) < 4.78 is 1.74. The predicted molar refractivity (Wildman–Crippen MR) is 74.6 cm³/mol. The number of aryl methyl sites for hydroxylation is 1. The number of hydrogen-bond donors (Lipinski definition) is 2. The maximum atomic E-state index is 12.0. The Hall–Kier alpha value is -1.80. The lowest BCUT2D eigenvalue weighted by molar-refractivity contribution is 0.0945. The second-order valence-corrected chi connectivity index (χ2v) is 5.85. The standard InChI is InChI=1S/C12H16N6OS/c1-2-9-5-14-11(20-9)6-15-12(19)10-7-18(17-16-10)8-3-13-4-8/h5,7-8,13H,2-4,6H2,1H3,(H,15,19). The highest BCUT2D eigenvalue weighted by atomic mass is 32.1. The van der Waals surface area contributed by atoms with E-state index in [1.165, 1.54) is 4.88 Å². The van der Waals surface area contributed by atoms with E-state index in [1.54, 1.807) is 22.2 Å². The lowest BCUT2D eigenvalue weighted by Crippen LogP contribution is -2.43. The molecule has 106 valence electrons. The molecule has 3 rings (SSSR count). The molecule has 0 aromatic carbocycles. The Morgan fingerprint density at radius 1 is 1.60 bits per heavy atom. The Bertz CT molecular complexity index is 603. The van der Waals surface area contributed by atoms with Crippen molar-refractivity contribution in [2.75, 3.05) is 13.1 Å². The fourth-order valence-corrected chi connectivity index (χ4v) is 2.66. The van der Waals surface area contributed by atoms with Crippen LogP contribution in [0.1, 0.15) is 33.3 Å². The van der Waals surface area contributed by atoms with Gasteiger partial charge in [-0.3, -0.25) is 4.79 Å². The lowest BCUT2D eigenvalue weighted by atomic mass is 10.2. The first kappa shape index (κ1) is 13.2. The molecule has 20 heavy (non-hydrogen) atoms. The summed E-state index contributed by atoms with van der Waals surface area (Å²) in [6, 6.07) is 0.315. The topological polar surface area (TPSA) is 84.7 Å². The van der Waals surface area contributed by atoms with E-state index in [0.29, 0.717) is 18.3 Å². The number of aromatic nitrogens is 4. The highest BCUT2D eigenvalue weighted by molar-refractivity contribution is 7.11. The number of hydrogen-bond acceptors (Lipinski definition) is 6. The molecular weight excluding hydrogens is 276 g/mol. The smallest absolute Gasteiger partial charge is 0.273 e. The van der Waals surface area contributed by atoms with Gasteiger partial charge in [-0.05, 0) is 6.42 Å². The van der Waals surface area contributed by atoms with Crippen molar-refractivity contribution < 1.29 is 4.79 Å². The van der Waals surface area contributed by atoms with E-state index in [2.05, 4.69) is 32.9 Å². The summed E-state index contributed by atoms with van der Waals surface area (Å²) in [5.74, 6) is -0.211. The summed E-state index contributed by atoms with van der Waals surface area (Å²) in [5, 5.41) is 14.8. The van der Waals surface area contributed by atoms with Gasteiger partial charge in [0.2, 0.25) is 0 Å². The number of nitrogens with zero attached hydrogens (tertiary/aromatic N) is 4. The van der Waals surface area contributed by atoms with Gasteiger partial charge in [-0.2, -0.15) is 0 Å². The van der Waals surface area contributed by atoms with Gasteiger partial charge in [-0.1, -0.05) is 12.1 Å². The highest BCUT2D eigenvalue weighted by Crippen LogP contribution is 2.13. The molecular formula is C12H16N6OS. The van der Waals surface area contributed by atoms with E-state index >= 15 is 0 Å². The van der Waals surface area contributed by atoms with Crippen LogP contribution in [0.3, 0.4) is 0 Å². The number of nitrogens with one attached hydrogen (secondary N) is 2. The fourth-order valence-electron chi connectivity index (χ4n) is 1.86. The van der Waals surface area contributed by atoms with Crippen molar-refractivity contribution in [1.29, 1.82) is 0 Å². The number of thiazole rings is 1. The number of carbonyl (C=O) groups excluding carboxylic acids is 1. The molecule has 0 aliphatic carbocycles. The number of carbonyl (C=O) groups is 1. The van der Waals surface area contributed by atoms with Crippen LogP contribution in [0.25, 0.3) is 0 Å². The summed E-state index contributed by atoms with van der Waals surface area (Å²) in [5.41, 5.74) is 0.351. The van der Waals surface area contributed by atoms with E-state index in [9.17, 15) is 4.79 Å². The van der Waals surface area contributed by atoms with Crippen molar-refractivity contribution in [2.45, 2.75) is 25.9 Å². The van der Waals surface area contributed by atoms with Gasteiger partial charge >= 0.3 is 0 Å².